The quantitative estimate of drug-likeness (QED) is 0.708. The van der Waals surface area contributed by atoms with Crippen molar-refractivity contribution in [3.05, 3.63) is 71.3 Å². The summed E-state index contributed by atoms with van der Waals surface area (Å²) in [4.78, 5) is 12.3. The molecule has 1 amide bonds. The molecule has 0 unspecified atom stereocenters. The summed E-state index contributed by atoms with van der Waals surface area (Å²) < 4.78 is 25.3. The topological polar surface area (TPSA) is 65.4 Å². The van der Waals surface area contributed by atoms with Crippen LogP contribution in [-0.2, 0) is 6.73 Å². The first-order valence-electron chi connectivity index (χ1n) is 7.62. The molecule has 0 saturated heterocycles. The van der Waals surface area contributed by atoms with Gasteiger partial charge in [-0.2, -0.15) is 5.10 Å². The molecule has 1 aromatic heterocycles. The summed E-state index contributed by atoms with van der Waals surface area (Å²) in [6, 6.07) is 12.5. The normalized spacial score (nSPS) is 10.4. The molecular formula is C18H15ClFN3O3. The molecule has 0 spiro atoms. The van der Waals surface area contributed by atoms with Crippen molar-refractivity contribution in [2.24, 2.45) is 0 Å². The molecule has 3 rings (SSSR count). The van der Waals surface area contributed by atoms with Gasteiger partial charge in [0.15, 0.2) is 24.0 Å². The number of rotatable bonds is 6. The number of hydrogen-bond acceptors (Lipinski definition) is 4. The van der Waals surface area contributed by atoms with Crippen LogP contribution in [0.25, 0.3) is 0 Å². The minimum absolute atomic E-state index is 0.0252. The Kier molecular flexibility index (Phi) is 5.38. The number of amides is 1. The number of benzene rings is 2. The number of carbonyl (C=O) groups is 1. The number of para-hydroxylation sites is 1. The van der Waals surface area contributed by atoms with Crippen molar-refractivity contribution in [3.8, 4) is 11.5 Å². The molecule has 1 N–H and O–H groups in total. The van der Waals surface area contributed by atoms with E-state index in [2.05, 4.69) is 10.4 Å². The fourth-order valence-electron chi connectivity index (χ4n) is 2.19. The molecule has 0 fully saturated rings. The van der Waals surface area contributed by atoms with Gasteiger partial charge in [-0.15, -0.1) is 0 Å². The van der Waals surface area contributed by atoms with Gasteiger partial charge in [0.05, 0.1) is 12.1 Å². The van der Waals surface area contributed by atoms with E-state index >= 15 is 0 Å². The van der Waals surface area contributed by atoms with Crippen LogP contribution in [0.2, 0.25) is 5.02 Å². The Hall–Kier alpha value is -3.06. The molecular weight excluding hydrogens is 361 g/mol. The molecule has 6 nitrogen and oxygen atoms in total. The summed E-state index contributed by atoms with van der Waals surface area (Å²) in [6.45, 7) is -0.0252. The molecule has 134 valence electrons. The van der Waals surface area contributed by atoms with Crippen LogP contribution >= 0.6 is 11.6 Å². The SMILES string of the molecule is COc1ccc(NC(=O)c2ccn(COc3ccccc3F)n2)cc1Cl. The summed E-state index contributed by atoms with van der Waals surface area (Å²) in [5.41, 5.74) is 0.701. The van der Waals surface area contributed by atoms with E-state index in [1.807, 2.05) is 0 Å². The van der Waals surface area contributed by atoms with Gasteiger partial charge in [0.1, 0.15) is 5.75 Å². The molecule has 0 aliphatic rings. The lowest BCUT2D eigenvalue weighted by molar-refractivity contribution is 0.102. The zero-order valence-corrected chi connectivity index (χ0v) is 14.5. The van der Waals surface area contributed by atoms with Crippen LogP contribution in [0, 0.1) is 5.82 Å². The monoisotopic (exact) mass is 375 g/mol. The maximum absolute atomic E-state index is 13.5. The Bertz CT molecular complexity index is 930. The number of ether oxygens (including phenoxy) is 2. The van der Waals surface area contributed by atoms with Gasteiger partial charge in [-0.05, 0) is 36.4 Å². The van der Waals surface area contributed by atoms with E-state index in [0.29, 0.717) is 16.5 Å². The number of carbonyl (C=O) groups excluding carboxylic acids is 1. The van der Waals surface area contributed by atoms with Crippen molar-refractivity contribution in [2.75, 3.05) is 12.4 Å². The lowest BCUT2D eigenvalue weighted by Gasteiger charge is -2.07. The highest BCUT2D eigenvalue weighted by Crippen LogP contribution is 2.27. The van der Waals surface area contributed by atoms with Crippen LogP contribution in [0.5, 0.6) is 11.5 Å². The second-order valence-electron chi connectivity index (χ2n) is 5.25. The summed E-state index contributed by atoms with van der Waals surface area (Å²) >= 11 is 6.03. The number of hydrogen-bond donors (Lipinski definition) is 1. The second-order valence-corrected chi connectivity index (χ2v) is 5.65. The van der Waals surface area contributed by atoms with Crippen molar-refractivity contribution in [2.45, 2.75) is 6.73 Å². The Morgan fingerprint density at radius 1 is 1.23 bits per heavy atom. The van der Waals surface area contributed by atoms with Crippen LogP contribution in [0.4, 0.5) is 10.1 Å². The lowest BCUT2D eigenvalue weighted by atomic mass is 10.3. The Balaban J connectivity index is 1.62. The lowest BCUT2D eigenvalue weighted by Crippen LogP contribution is -2.14. The molecule has 8 heteroatoms. The third-order valence-electron chi connectivity index (χ3n) is 3.47. The summed E-state index contributed by atoms with van der Waals surface area (Å²) in [6.07, 6.45) is 1.57. The van der Waals surface area contributed by atoms with Gasteiger partial charge in [0.25, 0.3) is 5.91 Å². The molecule has 0 radical (unpaired) electrons. The maximum atomic E-state index is 13.5. The van der Waals surface area contributed by atoms with Crippen molar-refractivity contribution >= 4 is 23.2 Å². The Morgan fingerprint density at radius 2 is 2.04 bits per heavy atom. The standard InChI is InChI=1S/C18H15ClFN3O3/c1-25-16-7-6-12(10-13(16)19)21-18(24)15-8-9-23(22-15)11-26-17-5-3-2-4-14(17)20/h2-10H,11H2,1H3,(H,21,24). The van der Waals surface area contributed by atoms with E-state index in [4.69, 9.17) is 21.1 Å². The maximum Gasteiger partial charge on any atom is 0.276 e. The molecule has 1 heterocycles. The van der Waals surface area contributed by atoms with Crippen LogP contribution in [-0.4, -0.2) is 22.8 Å². The van der Waals surface area contributed by atoms with Gasteiger partial charge in [-0.3, -0.25) is 4.79 Å². The average Bonchev–Trinajstić information content (AvgIpc) is 3.10. The molecule has 26 heavy (non-hydrogen) atoms. The van der Waals surface area contributed by atoms with E-state index < -0.39 is 11.7 Å². The number of halogens is 2. The highest BCUT2D eigenvalue weighted by Gasteiger charge is 2.12. The predicted molar refractivity (Wildman–Crippen MR) is 95.2 cm³/mol. The Morgan fingerprint density at radius 3 is 2.77 bits per heavy atom. The molecule has 0 aliphatic heterocycles. The highest BCUT2D eigenvalue weighted by molar-refractivity contribution is 6.32. The predicted octanol–water partition coefficient (Wildman–Crippen LogP) is 3.97. The highest BCUT2D eigenvalue weighted by atomic mass is 35.5. The van der Waals surface area contributed by atoms with E-state index in [-0.39, 0.29) is 18.2 Å². The largest absolute Gasteiger partial charge is 0.495 e. The van der Waals surface area contributed by atoms with Crippen molar-refractivity contribution in [1.82, 2.24) is 9.78 Å². The van der Waals surface area contributed by atoms with Gasteiger partial charge < -0.3 is 14.8 Å². The zero-order valence-electron chi connectivity index (χ0n) is 13.8. The summed E-state index contributed by atoms with van der Waals surface area (Å²) in [7, 11) is 1.51. The molecule has 0 saturated carbocycles. The second kappa shape index (κ2) is 7.88. The van der Waals surface area contributed by atoms with Crippen LogP contribution < -0.4 is 14.8 Å². The number of nitrogens with zero attached hydrogens (tertiary/aromatic N) is 2. The van der Waals surface area contributed by atoms with E-state index in [1.165, 1.54) is 30.0 Å². The fourth-order valence-corrected chi connectivity index (χ4v) is 2.45. The minimum Gasteiger partial charge on any atom is -0.495 e. The van der Waals surface area contributed by atoms with Crippen molar-refractivity contribution in [1.29, 1.82) is 0 Å². The summed E-state index contributed by atoms with van der Waals surface area (Å²) in [5.74, 6) is -0.244. The van der Waals surface area contributed by atoms with Gasteiger partial charge in [0.2, 0.25) is 0 Å². The molecule has 2 aromatic carbocycles. The minimum atomic E-state index is -0.464. The van der Waals surface area contributed by atoms with Gasteiger partial charge in [0, 0.05) is 11.9 Å². The zero-order chi connectivity index (χ0) is 18.5. The van der Waals surface area contributed by atoms with Crippen molar-refractivity contribution < 1.29 is 18.7 Å². The Labute approximate surface area is 154 Å². The third-order valence-corrected chi connectivity index (χ3v) is 3.77. The van der Waals surface area contributed by atoms with E-state index in [9.17, 15) is 9.18 Å². The number of anilines is 1. The third kappa shape index (κ3) is 4.12. The van der Waals surface area contributed by atoms with Gasteiger partial charge in [-0.25, -0.2) is 9.07 Å². The number of methoxy groups -OCH3 is 1. The average molecular weight is 376 g/mol. The van der Waals surface area contributed by atoms with E-state index in [1.54, 1.807) is 36.5 Å². The van der Waals surface area contributed by atoms with Crippen LogP contribution in [0.1, 0.15) is 10.5 Å². The van der Waals surface area contributed by atoms with Crippen molar-refractivity contribution in [3.63, 3.8) is 0 Å². The van der Waals surface area contributed by atoms with Gasteiger partial charge in [-0.1, -0.05) is 23.7 Å². The first kappa shape index (κ1) is 17.8. The van der Waals surface area contributed by atoms with E-state index in [0.717, 1.165) is 0 Å². The van der Waals surface area contributed by atoms with Crippen LogP contribution in [0.15, 0.2) is 54.7 Å². The molecule has 3 aromatic rings. The molecule has 0 aliphatic carbocycles. The number of nitrogens with one attached hydrogen (secondary N) is 1. The first-order valence-corrected chi connectivity index (χ1v) is 8.00. The smallest absolute Gasteiger partial charge is 0.276 e. The first-order chi connectivity index (χ1) is 12.6. The molecule has 0 atom stereocenters. The van der Waals surface area contributed by atoms with Crippen LogP contribution in [0.3, 0.4) is 0 Å². The summed E-state index contributed by atoms with van der Waals surface area (Å²) in [5, 5.41) is 7.18. The number of aromatic nitrogens is 2. The van der Waals surface area contributed by atoms with Gasteiger partial charge >= 0.3 is 0 Å². The fraction of sp³-hybridized carbons (Fsp3) is 0.111. The molecule has 0 bridgehead atoms.